The Morgan fingerprint density at radius 2 is 1.26 bits per heavy atom. The van der Waals surface area contributed by atoms with Gasteiger partial charge < -0.3 is 4.90 Å². The number of rotatable bonds is 16. The molecule has 2 aromatic carbocycles. The average Bonchev–Trinajstić information content (AvgIpc) is 3.34. The molecular formula is C37H49N2O6S2+. The van der Waals surface area contributed by atoms with Gasteiger partial charge in [-0.05, 0) is 57.2 Å². The highest BCUT2D eigenvalue weighted by molar-refractivity contribution is 7.86. The molecule has 2 aromatic rings. The Morgan fingerprint density at radius 3 is 1.94 bits per heavy atom. The first-order chi connectivity index (χ1) is 22.1. The molecule has 2 aliphatic heterocycles. The number of unbranched alkanes of at least 4 members (excludes halogenated alkanes) is 4. The summed E-state index contributed by atoms with van der Waals surface area (Å²) in [5, 5.41) is 0. The average molecular weight is 682 g/mol. The Labute approximate surface area is 281 Å². The highest BCUT2D eigenvalue weighted by Crippen LogP contribution is 2.47. The molecule has 0 saturated heterocycles. The predicted molar refractivity (Wildman–Crippen MR) is 192 cm³/mol. The second kappa shape index (κ2) is 15.3. The van der Waals surface area contributed by atoms with Crippen molar-refractivity contribution in [3.05, 3.63) is 108 Å². The third kappa shape index (κ3) is 9.41. The molecular weight excluding hydrogens is 633 g/mol. The summed E-state index contributed by atoms with van der Waals surface area (Å²) in [6.45, 7) is 10.4. The zero-order valence-electron chi connectivity index (χ0n) is 28.0. The van der Waals surface area contributed by atoms with E-state index in [1.54, 1.807) is 0 Å². The van der Waals surface area contributed by atoms with Crippen LogP contribution in [0.2, 0.25) is 0 Å². The zero-order valence-corrected chi connectivity index (χ0v) is 29.6. The molecule has 0 radical (unpaired) electrons. The Hall–Kier alpha value is -3.31. The van der Waals surface area contributed by atoms with Crippen molar-refractivity contribution in [2.24, 2.45) is 0 Å². The Kier molecular flexibility index (Phi) is 11.9. The third-order valence-corrected chi connectivity index (χ3v) is 10.7. The number of anilines is 1. The second-order valence-electron chi connectivity index (χ2n) is 13.3. The third-order valence-electron chi connectivity index (χ3n) is 9.12. The quantitative estimate of drug-likeness (QED) is 0.0815. The summed E-state index contributed by atoms with van der Waals surface area (Å²) in [4.78, 5) is 2.32. The number of allylic oxidation sites excluding steroid dienone is 8. The van der Waals surface area contributed by atoms with E-state index in [4.69, 9.17) is 9.11 Å². The minimum atomic E-state index is -3.93. The summed E-state index contributed by atoms with van der Waals surface area (Å²) >= 11 is 0. The minimum Gasteiger partial charge on any atom is -0.344 e. The van der Waals surface area contributed by atoms with E-state index in [1.165, 1.54) is 33.9 Å². The van der Waals surface area contributed by atoms with Crippen molar-refractivity contribution in [1.29, 1.82) is 0 Å². The van der Waals surface area contributed by atoms with Crippen molar-refractivity contribution >= 4 is 37.3 Å². The summed E-state index contributed by atoms with van der Waals surface area (Å²) in [6.07, 6.45) is 18.4. The molecule has 0 unspecified atom stereocenters. The number of benzene rings is 2. The standard InChI is InChI=1S/C37H48N2O6S2/c1-36(2)30-20-12-14-22-32(30)38(26-16-8-18-28-46(40,41)42)34(36)24-10-6-5-7-11-25-35-37(3,4)31-21-13-15-23-33(31)39(35)27-17-9-19-29-47(43,44)45/h5-7,10-15,20-25H,8-9,16-19,26-29H2,1-4H3,(H-,40,41,42,43,44,45)/p+1. The summed E-state index contributed by atoms with van der Waals surface area (Å²) in [6, 6.07) is 16.8. The molecule has 10 heteroatoms. The van der Waals surface area contributed by atoms with Crippen molar-refractivity contribution in [2.45, 2.75) is 77.0 Å². The van der Waals surface area contributed by atoms with Gasteiger partial charge in [-0.2, -0.15) is 21.4 Å². The molecule has 0 bridgehead atoms. The van der Waals surface area contributed by atoms with Gasteiger partial charge in [0, 0.05) is 47.5 Å². The minimum absolute atomic E-state index is 0.186. The molecule has 4 rings (SSSR count). The molecule has 2 aliphatic rings. The highest BCUT2D eigenvalue weighted by atomic mass is 32.2. The second-order valence-corrected chi connectivity index (χ2v) is 16.5. The molecule has 0 atom stereocenters. The lowest BCUT2D eigenvalue weighted by Crippen LogP contribution is -2.27. The van der Waals surface area contributed by atoms with E-state index in [0.29, 0.717) is 25.7 Å². The number of hydrogen-bond acceptors (Lipinski definition) is 5. The fourth-order valence-corrected chi connectivity index (χ4v) is 7.85. The van der Waals surface area contributed by atoms with Gasteiger partial charge in [-0.1, -0.05) is 87.0 Å². The van der Waals surface area contributed by atoms with Crippen LogP contribution in [0.1, 0.15) is 77.3 Å². The maximum atomic E-state index is 11.1. The van der Waals surface area contributed by atoms with Crippen molar-refractivity contribution in [2.75, 3.05) is 29.5 Å². The van der Waals surface area contributed by atoms with Gasteiger partial charge in [-0.15, -0.1) is 0 Å². The number of fused-ring (bicyclic) bond motifs is 2. The molecule has 2 heterocycles. The number of para-hydroxylation sites is 2. The lowest BCUT2D eigenvalue weighted by molar-refractivity contribution is -0.438. The zero-order chi connectivity index (χ0) is 34.3. The first-order valence-corrected chi connectivity index (χ1v) is 19.6. The van der Waals surface area contributed by atoms with Crippen LogP contribution in [-0.2, 0) is 31.1 Å². The lowest BCUT2D eigenvalue weighted by Gasteiger charge is -2.27. The lowest BCUT2D eigenvalue weighted by atomic mass is 9.81. The van der Waals surface area contributed by atoms with Crippen LogP contribution in [-0.4, -0.2) is 60.8 Å². The molecule has 254 valence electrons. The Morgan fingerprint density at radius 1 is 0.681 bits per heavy atom. The number of hydrogen-bond donors (Lipinski definition) is 2. The highest BCUT2D eigenvalue weighted by Gasteiger charge is 2.43. The molecule has 0 amide bonds. The molecule has 2 N–H and O–H groups in total. The van der Waals surface area contributed by atoms with Crippen LogP contribution in [0.4, 0.5) is 11.4 Å². The van der Waals surface area contributed by atoms with Crippen LogP contribution < -0.4 is 4.90 Å². The monoisotopic (exact) mass is 681 g/mol. The van der Waals surface area contributed by atoms with E-state index in [2.05, 4.69) is 97.9 Å². The van der Waals surface area contributed by atoms with Gasteiger partial charge in [-0.3, -0.25) is 9.11 Å². The van der Waals surface area contributed by atoms with Gasteiger partial charge in [-0.25, -0.2) is 0 Å². The normalized spacial score (nSPS) is 18.3. The van der Waals surface area contributed by atoms with Crippen LogP contribution in [0.5, 0.6) is 0 Å². The van der Waals surface area contributed by atoms with Gasteiger partial charge in [0.25, 0.3) is 20.2 Å². The van der Waals surface area contributed by atoms with Crippen molar-refractivity contribution in [1.82, 2.24) is 0 Å². The molecule has 0 fully saturated rings. The first-order valence-electron chi connectivity index (χ1n) is 16.4. The van der Waals surface area contributed by atoms with Crippen LogP contribution in [0.3, 0.4) is 0 Å². The predicted octanol–water partition coefficient (Wildman–Crippen LogP) is 7.53. The van der Waals surface area contributed by atoms with E-state index in [-0.39, 0.29) is 22.3 Å². The fourth-order valence-electron chi connectivity index (χ4n) is 6.71. The van der Waals surface area contributed by atoms with Crippen LogP contribution in [0.25, 0.3) is 0 Å². The molecule has 0 saturated carbocycles. The summed E-state index contributed by atoms with van der Waals surface area (Å²) < 4.78 is 64.8. The smallest absolute Gasteiger partial charge is 0.264 e. The largest absolute Gasteiger partial charge is 0.344 e. The van der Waals surface area contributed by atoms with Crippen LogP contribution in [0.15, 0.2) is 96.8 Å². The maximum absolute atomic E-state index is 11.1. The SMILES string of the molecule is CC1(C)C(/C=C/C=C/C=C/C=C2\N(CCCCCS(=O)(=O)O)c3ccccc3C2(C)C)=[N+](CCCCCS(=O)(=O)O)c2ccccc21. The van der Waals surface area contributed by atoms with E-state index in [9.17, 15) is 16.8 Å². The van der Waals surface area contributed by atoms with E-state index in [0.717, 1.165) is 25.9 Å². The first kappa shape index (κ1) is 36.5. The van der Waals surface area contributed by atoms with Crippen molar-refractivity contribution in [3.8, 4) is 0 Å². The van der Waals surface area contributed by atoms with E-state index >= 15 is 0 Å². The van der Waals surface area contributed by atoms with Gasteiger partial charge in [0.2, 0.25) is 5.69 Å². The van der Waals surface area contributed by atoms with Gasteiger partial charge in [0.15, 0.2) is 5.71 Å². The van der Waals surface area contributed by atoms with Crippen molar-refractivity contribution in [3.63, 3.8) is 0 Å². The van der Waals surface area contributed by atoms with Crippen molar-refractivity contribution < 1.29 is 30.5 Å². The van der Waals surface area contributed by atoms with Gasteiger partial charge in [0.05, 0.1) is 16.9 Å². The summed E-state index contributed by atoms with van der Waals surface area (Å²) in [7, 11) is -7.86. The number of nitrogens with zero attached hydrogens (tertiary/aromatic N) is 2. The van der Waals surface area contributed by atoms with E-state index in [1.807, 2.05) is 30.4 Å². The maximum Gasteiger partial charge on any atom is 0.264 e. The fraction of sp³-hybridized carbons (Fsp3) is 0.432. The van der Waals surface area contributed by atoms with Gasteiger partial charge in [0.1, 0.15) is 6.54 Å². The Balaban J connectivity index is 1.46. The van der Waals surface area contributed by atoms with Crippen LogP contribution >= 0.6 is 0 Å². The summed E-state index contributed by atoms with van der Waals surface area (Å²) in [5.74, 6) is -0.411. The molecule has 8 nitrogen and oxygen atoms in total. The van der Waals surface area contributed by atoms with Crippen LogP contribution in [0, 0.1) is 0 Å². The molecule has 0 aromatic heterocycles. The summed E-state index contributed by atoms with van der Waals surface area (Å²) in [5.41, 5.74) is 6.86. The van der Waals surface area contributed by atoms with E-state index < -0.39 is 20.2 Å². The Bertz CT molecular complexity index is 1800. The topological polar surface area (TPSA) is 115 Å². The molecule has 47 heavy (non-hydrogen) atoms. The molecule has 0 aliphatic carbocycles. The molecule has 0 spiro atoms. The van der Waals surface area contributed by atoms with Gasteiger partial charge >= 0.3 is 0 Å².